The van der Waals surface area contributed by atoms with Gasteiger partial charge in [0, 0.05) is 45.1 Å². The molecule has 3 rings (SSSR count). The number of ether oxygens (including phenoxy) is 1. The van der Waals surface area contributed by atoms with Crippen LogP contribution >= 0.6 is 0 Å². The van der Waals surface area contributed by atoms with Crippen molar-refractivity contribution in [1.82, 2.24) is 9.47 Å². The van der Waals surface area contributed by atoms with Crippen LogP contribution in [0, 0.1) is 11.7 Å². The second-order valence-corrected chi connectivity index (χ2v) is 8.10. The molecular formula is C24H33FN2O2. The summed E-state index contributed by atoms with van der Waals surface area (Å²) in [6, 6.07) is 10.7. The van der Waals surface area contributed by atoms with E-state index in [2.05, 4.69) is 10.6 Å². The number of benzene rings is 1. The van der Waals surface area contributed by atoms with Gasteiger partial charge in [-0.2, -0.15) is 0 Å². The van der Waals surface area contributed by atoms with Gasteiger partial charge in [-0.1, -0.05) is 37.8 Å². The van der Waals surface area contributed by atoms with Crippen LogP contribution < -0.4 is 0 Å². The van der Waals surface area contributed by atoms with Crippen molar-refractivity contribution in [2.45, 2.75) is 58.0 Å². The van der Waals surface area contributed by atoms with Gasteiger partial charge in [0.2, 0.25) is 5.91 Å². The third kappa shape index (κ3) is 6.70. The summed E-state index contributed by atoms with van der Waals surface area (Å²) in [5.74, 6) is 0.739. The lowest BCUT2D eigenvalue weighted by Crippen LogP contribution is -2.33. The lowest BCUT2D eigenvalue weighted by atomic mass is 10.0. The highest BCUT2D eigenvalue weighted by Crippen LogP contribution is 2.28. The maximum Gasteiger partial charge on any atom is 0.222 e. The number of hydrogen-bond donors (Lipinski definition) is 0. The standard InChI is InChI=1S/C24H33FN2O2/c1-29-17-5-16-27(24(28)14-11-20-6-2-3-7-20)19-23-8-4-15-26(23)18-21-9-12-22(25)13-10-21/h4,8-10,12-13,15,20H,2-3,5-7,11,14,16-19H2,1H3. The van der Waals surface area contributed by atoms with Crippen molar-refractivity contribution in [2.24, 2.45) is 5.92 Å². The third-order valence-corrected chi connectivity index (χ3v) is 5.91. The zero-order valence-electron chi connectivity index (χ0n) is 17.5. The summed E-state index contributed by atoms with van der Waals surface area (Å²) in [5, 5.41) is 0. The Morgan fingerprint density at radius 3 is 2.69 bits per heavy atom. The fourth-order valence-corrected chi connectivity index (χ4v) is 4.21. The highest BCUT2D eigenvalue weighted by atomic mass is 19.1. The van der Waals surface area contributed by atoms with Crippen LogP contribution in [0.15, 0.2) is 42.6 Å². The number of amides is 1. The molecule has 0 aliphatic heterocycles. The van der Waals surface area contributed by atoms with Crippen LogP contribution in [0.25, 0.3) is 0 Å². The summed E-state index contributed by atoms with van der Waals surface area (Å²) in [5.41, 5.74) is 2.14. The molecule has 1 heterocycles. The van der Waals surface area contributed by atoms with Gasteiger partial charge in [-0.3, -0.25) is 4.79 Å². The Balaban J connectivity index is 1.62. The highest BCUT2D eigenvalue weighted by Gasteiger charge is 2.20. The van der Waals surface area contributed by atoms with Crippen LogP contribution in [-0.4, -0.2) is 35.6 Å². The quantitative estimate of drug-likeness (QED) is 0.497. The lowest BCUT2D eigenvalue weighted by Gasteiger charge is -2.24. The Hall–Kier alpha value is -2.14. The summed E-state index contributed by atoms with van der Waals surface area (Å²) >= 11 is 0. The maximum atomic E-state index is 13.2. The van der Waals surface area contributed by atoms with Crippen LogP contribution in [0.3, 0.4) is 0 Å². The van der Waals surface area contributed by atoms with Crippen LogP contribution in [0.4, 0.5) is 4.39 Å². The first kappa shape index (κ1) is 21.6. The molecule has 1 amide bonds. The molecule has 0 radical (unpaired) electrons. The Kier molecular flexibility index (Phi) is 8.29. The molecule has 0 saturated heterocycles. The molecule has 0 spiro atoms. The second-order valence-electron chi connectivity index (χ2n) is 8.10. The molecule has 1 aromatic carbocycles. The molecule has 1 aromatic heterocycles. The normalized spacial score (nSPS) is 14.4. The average Bonchev–Trinajstić information content (AvgIpc) is 3.39. The molecule has 0 unspecified atom stereocenters. The number of rotatable bonds is 11. The van der Waals surface area contributed by atoms with Gasteiger partial charge in [-0.15, -0.1) is 0 Å². The van der Waals surface area contributed by atoms with Crippen molar-refractivity contribution >= 4 is 5.91 Å². The van der Waals surface area contributed by atoms with Crippen LogP contribution in [0.5, 0.6) is 0 Å². The number of hydrogen-bond acceptors (Lipinski definition) is 2. The molecule has 1 aliphatic rings. The largest absolute Gasteiger partial charge is 0.385 e. The molecule has 0 bridgehead atoms. The third-order valence-electron chi connectivity index (χ3n) is 5.91. The number of carbonyl (C=O) groups is 1. The van der Waals surface area contributed by atoms with Gasteiger partial charge < -0.3 is 14.2 Å². The molecule has 0 atom stereocenters. The van der Waals surface area contributed by atoms with Crippen molar-refractivity contribution in [1.29, 1.82) is 0 Å². The van der Waals surface area contributed by atoms with E-state index in [4.69, 9.17) is 4.74 Å². The van der Waals surface area contributed by atoms with Gasteiger partial charge in [-0.05, 0) is 48.6 Å². The Bertz CT molecular complexity index is 750. The maximum absolute atomic E-state index is 13.2. The zero-order valence-corrected chi connectivity index (χ0v) is 17.5. The molecule has 1 fully saturated rings. The van der Waals surface area contributed by atoms with E-state index < -0.39 is 0 Å². The highest BCUT2D eigenvalue weighted by molar-refractivity contribution is 5.76. The van der Waals surface area contributed by atoms with Crippen molar-refractivity contribution in [2.75, 3.05) is 20.3 Å². The van der Waals surface area contributed by atoms with E-state index in [0.29, 0.717) is 32.7 Å². The first-order valence-electron chi connectivity index (χ1n) is 10.8. The molecule has 158 valence electrons. The summed E-state index contributed by atoms with van der Waals surface area (Å²) in [4.78, 5) is 14.9. The smallest absolute Gasteiger partial charge is 0.222 e. The lowest BCUT2D eigenvalue weighted by molar-refractivity contribution is -0.132. The van der Waals surface area contributed by atoms with Crippen LogP contribution in [0.2, 0.25) is 0 Å². The summed E-state index contributed by atoms with van der Waals surface area (Å²) in [7, 11) is 1.69. The molecule has 1 saturated carbocycles. The number of carbonyl (C=O) groups excluding carboxylic acids is 1. The first-order valence-corrected chi connectivity index (χ1v) is 10.8. The summed E-state index contributed by atoms with van der Waals surface area (Å²) < 4.78 is 20.5. The van der Waals surface area contributed by atoms with Crippen molar-refractivity contribution in [3.8, 4) is 0 Å². The minimum absolute atomic E-state index is 0.223. The van der Waals surface area contributed by atoms with E-state index in [1.165, 1.54) is 37.8 Å². The number of nitrogens with zero attached hydrogens (tertiary/aromatic N) is 2. The van der Waals surface area contributed by atoms with Gasteiger partial charge in [0.05, 0.1) is 6.54 Å². The predicted molar refractivity (Wildman–Crippen MR) is 113 cm³/mol. The molecule has 5 heteroatoms. The fraction of sp³-hybridized carbons (Fsp3) is 0.542. The van der Waals surface area contributed by atoms with Crippen molar-refractivity contribution in [3.05, 3.63) is 59.7 Å². The van der Waals surface area contributed by atoms with E-state index in [9.17, 15) is 9.18 Å². The minimum atomic E-state index is -0.223. The summed E-state index contributed by atoms with van der Waals surface area (Å²) in [6.07, 6.45) is 9.68. The molecule has 29 heavy (non-hydrogen) atoms. The molecule has 4 nitrogen and oxygen atoms in total. The van der Waals surface area contributed by atoms with Crippen molar-refractivity contribution in [3.63, 3.8) is 0 Å². The molecule has 0 N–H and O–H groups in total. The SMILES string of the molecule is COCCCN(Cc1cccn1Cc1ccc(F)cc1)C(=O)CCC1CCCC1. The molecule has 2 aromatic rings. The number of methoxy groups -OCH3 is 1. The van der Waals surface area contributed by atoms with Gasteiger partial charge >= 0.3 is 0 Å². The fourth-order valence-electron chi connectivity index (χ4n) is 4.21. The Labute approximate surface area is 173 Å². The van der Waals surface area contributed by atoms with Gasteiger partial charge in [0.25, 0.3) is 0 Å². The van der Waals surface area contributed by atoms with E-state index in [0.717, 1.165) is 30.0 Å². The van der Waals surface area contributed by atoms with Crippen LogP contribution in [-0.2, 0) is 22.6 Å². The topological polar surface area (TPSA) is 34.5 Å². The molecule has 1 aliphatic carbocycles. The van der Waals surface area contributed by atoms with E-state index in [1.807, 2.05) is 29.3 Å². The Morgan fingerprint density at radius 1 is 1.21 bits per heavy atom. The van der Waals surface area contributed by atoms with E-state index >= 15 is 0 Å². The minimum Gasteiger partial charge on any atom is -0.385 e. The van der Waals surface area contributed by atoms with Gasteiger partial charge in [-0.25, -0.2) is 4.39 Å². The number of halogens is 1. The predicted octanol–water partition coefficient (Wildman–Crippen LogP) is 5.01. The van der Waals surface area contributed by atoms with Crippen LogP contribution in [0.1, 0.15) is 56.2 Å². The Morgan fingerprint density at radius 2 is 1.97 bits per heavy atom. The second kappa shape index (κ2) is 11.1. The van der Waals surface area contributed by atoms with Gasteiger partial charge in [0.15, 0.2) is 0 Å². The first-order chi connectivity index (χ1) is 14.2. The molecular weight excluding hydrogens is 367 g/mol. The average molecular weight is 401 g/mol. The van der Waals surface area contributed by atoms with Gasteiger partial charge in [0.1, 0.15) is 5.82 Å². The summed E-state index contributed by atoms with van der Waals surface area (Å²) in [6.45, 7) is 2.63. The monoisotopic (exact) mass is 400 g/mol. The van der Waals surface area contributed by atoms with E-state index in [-0.39, 0.29) is 11.7 Å². The number of aromatic nitrogens is 1. The van der Waals surface area contributed by atoms with Crippen molar-refractivity contribution < 1.29 is 13.9 Å². The van der Waals surface area contributed by atoms with E-state index in [1.54, 1.807) is 7.11 Å². The zero-order chi connectivity index (χ0) is 20.5.